The van der Waals surface area contributed by atoms with Gasteiger partial charge in [-0.05, 0) is 11.1 Å². The van der Waals surface area contributed by atoms with E-state index in [0.29, 0.717) is 32.5 Å². The fourth-order valence-electron chi connectivity index (χ4n) is 3.25. The molecule has 0 spiro atoms. The molecule has 0 unspecified atom stereocenters. The minimum Gasteiger partial charge on any atom is -0.388 e. The molecule has 2 N–H and O–H groups in total. The van der Waals surface area contributed by atoms with Gasteiger partial charge in [0.05, 0.1) is 5.60 Å². The molecule has 0 aromatic heterocycles. The van der Waals surface area contributed by atoms with Crippen LogP contribution in [0, 0.1) is 0 Å². The van der Waals surface area contributed by atoms with Crippen LogP contribution in [-0.2, 0) is 9.53 Å². The Morgan fingerprint density at radius 1 is 1.00 bits per heavy atom. The summed E-state index contributed by atoms with van der Waals surface area (Å²) in [5.74, 6) is -0.0376. The van der Waals surface area contributed by atoms with Gasteiger partial charge in [-0.25, -0.2) is 0 Å². The van der Waals surface area contributed by atoms with Gasteiger partial charge in [-0.15, -0.1) is 0 Å². The number of ether oxygens (including phenoxy) is 1. The molecule has 0 saturated carbocycles. The molecule has 4 heteroatoms. The summed E-state index contributed by atoms with van der Waals surface area (Å²) in [7, 11) is 0. The van der Waals surface area contributed by atoms with E-state index >= 15 is 0 Å². The minimum atomic E-state index is -0.844. The number of hydrogen-bond donors (Lipinski definition) is 2. The Hall–Kier alpha value is -2.17. The van der Waals surface area contributed by atoms with Gasteiger partial charge in [0.25, 0.3) is 0 Å². The van der Waals surface area contributed by atoms with E-state index < -0.39 is 5.60 Å². The maximum atomic E-state index is 12.5. The van der Waals surface area contributed by atoms with Gasteiger partial charge in [-0.1, -0.05) is 60.7 Å². The largest absolute Gasteiger partial charge is 0.388 e. The summed E-state index contributed by atoms with van der Waals surface area (Å²) in [5, 5.41) is 13.4. The second-order valence-electron chi connectivity index (χ2n) is 6.69. The maximum Gasteiger partial charge on any atom is 0.221 e. The maximum absolute atomic E-state index is 12.5. The molecular weight excluding hydrogens is 314 g/mol. The van der Waals surface area contributed by atoms with Gasteiger partial charge >= 0.3 is 0 Å². The first-order chi connectivity index (χ1) is 12.2. The van der Waals surface area contributed by atoms with E-state index in [-0.39, 0.29) is 18.4 Å². The second kappa shape index (κ2) is 8.28. The van der Waals surface area contributed by atoms with Crippen molar-refractivity contribution >= 4 is 5.91 Å². The van der Waals surface area contributed by atoms with Gasteiger partial charge in [0.15, 0.2) is 0 Å². The van der Waals surface area contributed by atoms with Crippen molar-refractivity contribution in [3.8, 4) is 0 Å². The third-order valence-electron chi connectivity index (χ3n) is 4.83. The average Bonchev–Trinajstić information content (AvgIpc) is 2.66. The number of carbonyl (C=O) groups is 1. The van der Waals surface area contributed by atoms with Crippen molar-refractivity contribution in [3.63, 3.8) is 0 Å². The monoisotopic (exact) mass is 339 g/mol. The van der Waals surface area contributed by atoms with E-state index in [1.54, 1.807) is 0 Å². The zero-order valence-electron chi connectivity index (χ0n) is 14.4. The number of rotatable bonds is 6. The normalized spacial score (nSPS) is 16.6. The third-order valence-corrected chi connectivity index (χ3v) is 4.83. The van der Waals surface area contributed by atoms with Crippen LogP contribution in [0.15, 0.2) is 60.7 Å². The smallest absolute Gasteiger partial charge is 0.221 e. The highest BCUT2D eigenvalue weighted by Crippen LogP contribution is 2.28. The lowest BCUT2D eigenvalue weighted by molar-refractivity contribution is -0.124. The lowest BCUT2D eigenvalue weighted by Crippen LogP contribution is -2.46. The standard InChI is InChI=1S/C21H25NO3/c23-20(22-16-21(24)11-13-25-14-12-21)15-19(17-7-3-1-4-8-17)18-9-5-2-6-10-18/h1-10,19,24H,11-16H2,(H,22,23). The molecule has 25 heavy (non-hydrogen) atoms. The van der Waals surface area contributed by atoms with Crippen molar-refractivity contribution < 1.29 is 14.6 Å². The van der Waals surface area contributed by atoms with Crippen molar-refractivity contribution in [2.75, 3.05) is 19.8 Å². The number of nitrogens with one attached hydrogen (secondary N) is 1. The van der Waals surface area contributed by atoms with Crippen LogP contribution in [0.1, 0.15) is 36.3 Å². The van der Waals surface area contributed by atoms with Crippen LogP contribution < -0.4 is 5.32 Å². The molecule has 1 saturated heterocycles. The molecular formula is C21H25NO3. The molecule has 0 bridgehead atoms. The predicted molar refractivity (Wildman–Crippen MR) is 97.4 cm³/mol. The summed E-state index contributed by atoms with van der Waals surface area (Å²) in [6.07, 6.45) is 1.49. The van der Waals surface area contributed by atoms with Crippen molar-refractivity contribution in [1.29, 1.82) is 0 Å². The number of aliphatic hydroxyl groups is 1. The molecule has 2 aromatic rings. The molecule has 1 amide bonds. The van der Waals surface area contributed by atoms with Crippen LogP contribution in [0.4, 0.5) is 0 Å². The van der Waals surface area contributed by atoms with Gasteiger partial charge in [0.2, 0.25) is 5.91 Å². The van der Waals surface area contributed by atoms with Gasteiger partial charge in [0, 0.05) is 44.9 Å². The van der Waals surface area contributed by atoms with E-state index in [1.165, 1.54) is 0 Å². The van der Waals surface area contributed by atoms with E-state index in [9.17, 15) is 9.90 Å². The summed E-state index contributed by atoms with van der Waals surface area (Å²) < 4.78 is 5.28. The second-order valence-corrected chi connectivity index (χ2v) is 6.69. The lowest BCUT2D eigenvalue weighted by atomic mass is 9.88. The topological polar surface area (TPSA) is 58.6 Å². The molecule has 1 heterocycles. The molecule has 1 fully saturated rings. The molecule has 132 valence electrons. The Morgan fingerprint density at radius 2 is 1.52 bits per heavy atom. The van der Waals surface area contributed by atoms with Crippen molar-refractivity contribution in [1.82, 2.24) is 5.32 Å². The Morgan fingerprint density at radius 3 is 2.04 bits per heavy atom. The number of carbonyl (C=O) groups excluding carboxylic acids is 1. The molecule has 3 rings (SSSR count). The molecule has 4 nitrogen and oxygen atoms in total. The van der Waals surface area contributed by atoms with Crippen molar-refractivity contribution in [3.05, 3.63) is 71.8 Å². The SMILES string of the molecule is O=C(CC(c1ccccc1)c1ccccc1)NCC1(O)CCOCC1. The Balaban J connectivity index is 1.67. The highest BCUT2D eigenvalue weighted by atomic mass is 16.5. The molecule has 0 radical (unpaired) electrons. The fraction of sp³-hybridized carbons (Fsp3) is 0.381. The van der Waals surface area contributed by atoms with Crippen LogP contribution in [0.5, 0.6) is 0 Å². The summed E-state index contributed by atoms with van der Waals surface area (Å²) >= 11 is 0. The van der Waals surface area contributed by atoms with E-state index in [0.717, 1.165) is 11.1 Å². The van der Waals surface area contributed by atoms with Gasteiger partial charge < -0.3 is 15.2 Å². The van der Waals surface area contributed by atoms with Crippen molar-refractivity contribution in [2.24, 2.45) is 0 Å². The third kappa shape index (κ3) is 4.91. The highest BCUT2D eigenvalue weighted by Gasteiger charge is 2.30. The number of benzene rings is 2. The molecule has 0 atom stereocenters. The van der Waals surface area contributed by atoms with Gasteiger partial charge in [0.1, 0.15) is 0 Å². The van der Waals surface area contributed by atoms with Crippen LogP contribution in [0.25, 0.3) is 0 Å². The summed E-state index contributed by atoms with van der Waals surface area (Å²) in [6.45, 7) is 1.37. The summed E-state index contributed by atoms with van der Waals surface area (Å²) in [4.78, 5) is 12.5. The molecule has 1 aliphatic rings. The lowest BCUT2D eigenvalue weighted by Gasteiger charge is -2.32. The zero-order valence-corrected chi connectivity index (χ0v) is 14.4. The first kappa shape index (κ1) is 17.6. The summed E-state index contributed by atoms with van der Waals surface area (Å²) in [6, 6.07) is 20.1. The highest BCUT2D eigenvalue weighted by molar-refractivity contribution is 5.77. The number of amides is 1. The predicted octanol–water partition coefficient (Wildman–Crippen LogP) is 2.87. The number of hydrogen-bond acceptors (Lipinski definition) is 3. The Labute approximate surface area is 148 Å². The van der Waals surface area contributed by atoms with E-state index in [4.69, 9.17) is 4.74 Å². The van der Waals surface area contributed by atoms with Gasteiger partial charge in [-0.2, -0.15) is 0 Å². The Bertz CT molecular complexity index is 627. The van der Waals surface area contributed by atoms with E-state index in [2.05, 4.69) is 29.6 Å². The van der Waals surface area contributed by atoms with Crippen LogP contribution >= 0.6 is 0 Å². The molecule has 0 aliphatic carbocycles. The quantitative estimate of drug-likeness (QED) is 0.851. The van der Waals surface area contributed by atoms with Crippen LogP contribution in [-0.4, -0.2) is 36.4 Å². The van der Waals surface area contributed by atoms with Crippen LogP contribution in [0.3, 0.4) is 0 Å². The molecule has 2 aromatic carbocycles. The minimum absolute atomic E-state index is 0.00623. The summed E-state index contributed by atoms with van der Waals surface area (Å²) in [5.41, 5.74) is 1.39. The zero-order chi connectivity index (χ0) is 17.5. The van der Waals surface area contributed by atoms with Crippen LogP contribution in [0.2, 0.25) is 0 Å². The first-order valence-electron chi connectivity index (χ1n) is 8.83. The fourth-order valence-corrected chi connectivity index (χ4v) is 3.25. The Kier molecular flexibility index (Phi) is 5.84. The van der Waals surface area contributed by atoms with E-state index in [1.807, 2.05) is 36.4 Å². The van der Waals surface area contributed by atoms with Gasteiger partial charge in [-0.3, -0.25) is 4.79 Å². The molecule has 1 aliphatic heterocycles. The average molecular weight is 339 g/mol. The van der Waals surface area contributed by atoms with Crippen molar-refractivity contribution in [2.45, 2.75) is 30.8 Å². The first-order valence-corrected chi connectivity index (χ1v) is 8.83.